The first-order valence-corrected chi connectivity index (χ1v) is 26.9. The van der Waals surface area contributed by atoms with Crippen molar-refractivity contribution in [2.45, 2.75) is 84.0 Å². The van der Waals surface area contributed by atoms with E-state index >= 15 is 0 Å². The van der Waals surface area contributed by atoms with Crippen LogP contribution in [0.25, 0.3) is 99.8 Å². The van der Waals surface area contributed by atoms with Gasteiger partial charge >= 0.3 is 0 Å². The van der Waals surface area contributed by atoms with Crippen molar-refractivity contribution in [2.24, 2.45) is 5.92 Å². The number of aryl methyl sites for hydroxylation is 6. The fraction of sp³-hybridized carbons (Fsp3) is 0.200. The van der Waals surface area contributed by atoms with Gasteiger partial charge < -0.3 is 0 Å². The molecular formula is C70H56N4. The molecule has 0 bridgehead atoms. The third kappa shape index (κ3) is 5.63. The van der Waals surface area contributed by atoms with Gasteiger partial charge in [0.2, 0.25) is 0 Å². The normalized spacial score (nSPS) is 18.0. The lowest BCUT2D eigenvalue weighted by Crippen LogP contribution is -2.24. The zero-order valence-electron chi connectivity index (χ0n) is 42.9. The Morgan fingerprint density at radius 2 is 1.00 bits per heavy atom. The molecule has 0 saturated heterocycles. The molecule has 0 amide bonds. The minimum Gasteiger partial charge on any atom is -0.293 e. The van der Waals surface area contributed by atoms with Crippen molar-refractivity contribution >= 4 is 43.6 Å². The lowest BCUT2D eigenvalue weighted by atomic mass is 9.74. The molecule has 7 aromatic carbocycles. The monoisotopic (exact) mass is 952 g/mol. The summed E-state index contributed by atoms with van der Waals surface area (Å²) in [4.78, 5) is 10.2. The zero-order chi connectivity index (χ0) is 49.5. The minimum atomic E-state index is -0.0267. The fourth-order valence-electron chi connectivity index (χ4n) is 15.1. The predicted octanol–water partition coefficient (Wildman–Crippen LogP) is 16.9. The molecule has 4 heteroatoms. The van der Waals surface area contributed by atoms with Gasteiger partial charge in [0.05, 0.1) is 22.1 Å². The summed E-state index contributed by atoms with van der Waals surface area (Å²) >= 11 is 0. The Morgan fingerprint density at radius 1 is 0.473 bits per heavy atom. The van der Waals surface area contributed by atoms with Crippen LogP contribution in [0.2, 0.25) is 0 Å². The van der Waals surface area contributed by atoms with E-state index < -0.39 is 0 Å². The molecule has 2 atom stereocenters. The molecule has 0 fully saturated rings. The standard InChI is InChI=1S/C70H56N4/c1-39-27-29-71-63(31-39)73-61-25-19-43(41-17-23-59-51(33-41)47-11-7-9-13-57(47)69(59,3)4)35-53(61)55-37-45-16-22-50-66-46(15-21-49(65(45)66)67(55)73)38-56-54-36-44(20-26-62(54)74(68(50)56)64-32-40(2)28-30-72-64)42-18-24-60-52(34-42)48-12-8-10-14-58(48)70(60,5)6/h7-14,17-20,23-38,47,57H,15-16,21-22H2,1-6H3. The van der Waals surface area contributed by atoms with E-state index in [0.29, 0.717) is 11.8 Å². The summed E-state index contributed by atoms with van der Waals surface area (Å²) in [6.07, 6.45) is 17.2. The highest BCUT2D eigenvalue weighted by Gasteiger charge is 2.44. The van der Waals surface area contributed by atoms with Crippen molar-refractivity contribution in [1.29, 1.82) is 0 Å². The topological polar surface area (TPSA) is 35.6 Å². The summed E-state index contributed by atoms with van der Waals surface area (Å²) in [5.74, 6) is 2.84. The number of rotatable bonds is 4. The number of fused-ring (bicyclic) bond motifs is 14. The van der Waals surface area contributed by atoms with Crippen LogP contribution in [0.5, 0.6) is 0 Å². The molecule has 5 aliphatic carbocycles. The van der Waals surface area contributed by atoms with Gasteiger partial charge in [-0.1, -0.05) is 119 Å². The van der Waals surface area contributed by atoms with Crippen LogP contribution in [0.15, 0.2) is 170 Å². The average molecular weight is 953 g/mol. The minimum absolute atomic E-state index is 0.0267. The quantitative estimate of drug-likeness (QED) is 0.176. The van der Waals surface area contributed by atoms with E-state index in [-0.39, 0.29) is 10.8 Å². The second-order valence-electron chi connectivity index (χ2n) is 23.4. The van der Waals surface area contributed by atoms with Gasteiger partial charge in [0.15, 0.2) is 0 Å². The molecule has 356 valence electrons. The van der Waals surface area contributed by atoms with Crippen LogP contribution in [0.4, 0.5) is 0 Å². The molecule has 0 spiro atoms. The number of benzene rings is 7. The van der Waals surface area contributed by atoms with Crippen molar-refractivity contribution in [1.82, 2.24) is 19.1 Å². The number of nitrogens with zero attached hydrogens (tertiary/aromatic N) is 4. The Morgan fingerprint density at radius 3 is 1.61 bits per heavy atom. The third-order valence-electron chi connectivity index (χ3n) is 18.6. The Balaban J connectivity index is 0.911. The van der Waals surface area contributed by atoms with Gasteiger partial charge in [0.1, 0.15) is 11.6 Å². The number of pyridine rings is 2. The van der Waals surface area contributed by atoms with E-state index in [0.717, 1.165) is 37.3 Å². The lowest BCUT2D eigenvalue weighted by Gasteiger charge is -2.31. The molecule has 4 nitrogen and oxygen atoms in total. The van der Waals surface area contributed by atoms with Gasteiger partial charge in [-0.15, -0.1) is 0 Å². The molecule has 11 aromatic rings. The predicted molar refractivity (Wildman–Crippen MR) is 306 cm³/mol. The highest BCUT2D eigenvalue weighted by molar-refractivity contribution is 6.17. The van der Waals surface area contributed by atoms with Gasteiger partial charge in [0, 0.05) is 45.3 Å². The molecule has 0 aliphatic heterocycles. The number of hydrogen-bond acceptors (Lipinski definition) is 2. The van der Waals surface area contributed by atoms with Crippen LogP contribution < -0.4 is 0 Å². The summed E-state index contributed by atoms with van der Waals surface area (Å²) in [5, 5.41) is 5.24. The molecule has 74 heavy (non-hydrogen) atoms. The molecule has 16 rings (SSSR count). The van der Waals surface area contributed by atoms with Crippen LogP contribution in [0.1, 0.15) is 89.2 Å². The molecule has 0 radical (unpaired) electrons. The molecule has 5 aliphatic rings. The maximum absolute atomic E-state index is 5.12. The smallest absolute Gasteiger partial charge is 0.137 e. The summed E-state index contributed by atoms with van der Waals surface area (Å²) in [7, 11) is 0. The van der Waals surface area contributed by atoms with E-state index in [1.807, 2.05) is 12.4 Å². The van der Waals surface area contributed by atoms with Crippen molar-refractivity contribution < 1.29 is 0 Å². The first kappa shape index (κ1) is 42.4. The second kappa shape index (κ2) is 14.8. The van der Waals surface area contributed by atoms with Gasteiger partial charge in [-0.05, 0) is 218 Å². The second-order valence-corrected chi connectivity index (χ2v) is 23.4. The fourth-order valence-corrected chi connectivity index (χ4v) is 15.1. The van der Waals surface area contributed by atoms with Crippen molar-refractivity contribution in [3.05, 3.63) is 226 Å². The van der Waals surface area contributed by atoms with Gasteiger partial charge in [-0.25, -0.2) is 9.97 Å². The van der Waals surface area contributed by atoms with Gasteiger partial charge in [0.25, 0.3) is 0 Å². The van der Waals surface area contributed by atoms with E-state index in [1.54, 1.807) is 0 Å². The van der Waals surface area contributed by atoms with Crippen LogP contribution >= 0.6 is 0 Å². The maximum Gasteiger partial charge on any atom is 0.137 e. The average Bonchev–Trinajstić information content (AvgIpc) is 4.17. The Kier molecular flexibility index (Phi) is 8.48. The van der Waals surface area contributed by atoms with Crippen molar-refractivity contribution in [3.63, 3.8) is 0 Å². The molecule has 0 saturated carbocycles. The highest BCUT2D eigenvalue weighted by atomic mass is 15.1. The Bertz CT molecular complexity index is 4410. The number of hydrogen-bond donors (Lipinski definition) is 0. The first-order chi connectivity index (χ1) is 36.0. The molecule has 2 unspecified atom stereocenters. The molecule has 4 heterocycles. The summed E-state index contributed by atoms with van der Waals surface area (Å²) in [5.41, 5.74) is 29.7. The van der Waals surface area contributed by atoms with E-state index in [9.17, 15) is 0 Å². The Labute approximate surface area is 432 Å². The summed E-state index contributed by atoms with van der Waals surface area (Å²) in [6.45, 7) is 13.9. The Hall–Kier alpha value is -8.08. The van der Waals surface area contributed by atoms with Crippen LogP contribution in [0, 0.1) is 19.8 Å². The van der Waals surface area contributed by atoms with Crippen molar-refractivity contribution in [2.75, 3.05) is 0 Å². The van der Waals surface area contributed by atoms with Crippen LogP contribution in [-0.4, -0.2) is 19.1 Å². The SMILES string of the molecule is Cc1ccnc(-n2c3ccc(-c4ccc5c(c4)-c4ccccc4C5(C)C)cc3c3cc4c5c(c32)CCc2cc3c6cc(-c7ccc8c(c7)C7C=CC=CC7C8(C)C)ccc6n(-c6cc(C)ccn6)c3c(c2-5)CC4)c1. The highest BCUT2D eigenvalue weighted by Crippen LogP contribution is 2.55. The molecule has 4 aromatic heterocycles. The maximum atomic E-state index is 5.12. The van der Waals surface area contributed by atoms with Gasteiger partial charge in [-0.2, -0.15) is 0 Å². The summed E-state index contributed by atoms with van der Waals surface area (Å²) < 4.78 is 4.99. The zero-order valence-corrected chi connectivity index (χ0v) is 42.9. The lowest BCUT2D eigenvalue weighted by molar-refractivity contribution is 0.394. The molecular weight excluding hydrogens is 897 g/mol. The van der Waals surface area contributed by atoms with E-state index in [4.69, 9.17) is 9.97 Å². The summed E-state index contributed by atoms with van der Waals surface area (Å²) in [6, 6.07) is 51.7. The van der Waals surface area contributed by atoms with E-state index in [2.05, 4.69) is 208 Å². The third-order valence-corrected chi connectivity index (χ3v) is 18.6. The van der Waals surface area contributed by atoms with Crippen molar-refractivity contribution in [3.8, 4) is 56.1 Å². The number of aromatic nitrogens is 4. The largest absolute Gasteiger partial charge is 0.293 e. The van der Waals surface area contributed by atoms with Crippen LogP contribution in [0.3, 0.4) is 0 Å². The van der Waals surface area contributed by atoms with Gasteiger partial charge in [-0.3, -0.25) is 9.13 Å². The first-order valence-electron chi connectivity index (χ1n) is 26.9. The van der Waals surface area contributed by atoms with E-state index in [1.165, 1.54) is 144 Å². The molecule has 0 N–H and O–H groups in total. The number of allylic oxidation sites excluding steroid dienone is 4. The van der Waals surface area contributed by atoms with Crippen LogP contribution in [-0.2, 0) is 36.5 Å².